The Kier molecular flexibility index (Phi) is 7.00. The van der Waals surface area contributed by atoms with Crippen LogP contribution in [0.4, 0.5) is 0 Å². The molecule has 0 radical (unpaired) electrons. The van der Waals surface area contributed by atoms with Gasteiger partial charge in [0.15, 0.2) is 0 Å². The van der Waals surface area contributed by atoms with E-state index in [2.05, 4.69) is 51.8 Å². The molecule has 1 atom stereocenters. The van der Waals surface area contributed by atoms with E-state index in [0.717, 1.165) is 6.54 Å². The monoisotopic (exact) mass is 282 g/mol. The van der Waals surface area contributed by atoms with Crippen molar-refractivity contribution in [3.05, 3.63) is 0 Å². The van der Waals surface area contributed by atoms with Crippen LogP contribution in [0.1, 0.15) is 73.6 Å². The number of nitrogens with zero attached hydrogens (tertiary/aromatic N) is 1. The van der Waals surface area contributed by atoms with Gasteiger partial charge in [0.2, 0.25) is 0 Å². The van der Waals surface area contributed by atoms with Crippen LogP contribution in [0.2, 0.25) is 0 Å². The van der Waals surface area contributed by atoms with Gasteiger partial charge in [0.05, 0.1) is 0 Å². The molecule has 0 bridgehead atoms. The van der Waals surface area contributed by atoms with Crippen LogP contribution in [0.15, 0.2) is 0 Å². The normalized spacial score (nSPS) is 23.6. The molecule has 2 heteroatoms. The van der Waals surface area contributed by atoms with Crippen LogP contribution in [0, 0.1) is 10.8 Å². The average Bonchev–Trinajstić information content (AvgIpc) is 2.49. The highest BCUT2D eigenvalue weighted by Gasteiger charge is 2.29. The van der Waals surface area contributed by atoms with Crippen molar-refractivity contribution in [1.82, 2.24) is 10.2 Å². The standard InChI is InChI=1S/C18H38N2/c1-7-9-18(6,14-19-16(2)3)15-20-12-8-10-17(4,5)11-13-20/h16,19H,7-15H2,1-6H3. The Hall–Kier alpha value is -0.0800. The highest BCUT2D eigenvalue weighted by Crippen LogP contribution is 2.32. The van der Waals surface area contributed by atoms with Gasteiger partial charge in [-0.15, -0.1) is 0 Å². The van der Waals surface area contributed by atoms with E-state index in [9.17, 15) is 0 Å². The molecule has 0 saturated carbocycles. The Bertz CT molecular complexity index is 273. The molecule has 0 aromatic carbocycles. The van der Waals surface area contributed by atoms with Gasteiger partial charge in [-0.25, -0.2) is 0 Å². The van der Waals surface area contributed by atoms with Crippen molar-refractivity contribution >= 4 is 0 Å². The van der Waals surface area contributed by atoms with Crippen molar-refractivity contribution in [3.8, 4) is 0 Å². The molecule has 1 unspecified atom stereocenters. The van der Waals surface area contributed by atoms with Gasteiger partial charge in [0.25, 0.3) is 0 Å². The van der Waals surface area contributed by atoms with E-state index in [4.69, 9.17) is 0 Å². The summed E-state index contributed by atoms with van der Waals surface area (Å²) in [5, 5.41) is 3.67. The predicted molar refractivity (Wildman–Crippen MR) is 90.2 cm³/mol. The lowest BCUT2D eigenvalue weighted by molar-refractivity contribution is 0.147. The number of rotatable bonds is 7. The Morgan fingerprint density at radius 3 is 2.50 bits per heavy atom. The van der Waals surface area contributed by atoms with Crippen molar-refractivity contribution in [1.29, 1.82) is 0 Å². The summed E-state index contributed by atoms with van der Waals surface area (Å²) in [5.41, 5.74) is 0.972. The molecule has 1 rings (SSSR count). The molecule has 1 aliphatic rings. The molecule has 2 nitrogen and oxygen atoms in total. The summed E-state index contributed by atoms with van der Waals surface area (Å²) in [7, 11) is 0. The van der Waals surface area contributed by atoms with Crippen molar-refractivity contribution in [3.63, 3.8) is 0 Å². The second-order valence-electron chi connectivity index (χ2n) is 8.39. The highest BCUT2D eigenvalue weighted by molar-refractivity contribution is 4.84. The maximum Gasteiger partial charge on any atom is 0.00475 e. The van der Waals surface area contributed by atoms with E-state index in [1.165, 1.54) is 51.7 Å². The van der Waals surface area contributed by atoms with Crippen LogP contribution >= 0.6 is 0 Å². The van der Waals surface area contributed by atoms with Crippen LogP contribution in [0.5, 0.6) is 0 Å². The lowest BCUT2D eigenvalue weighted by Gasteiger charge is -2.36. The van der Waals surface area contributed by atoms with E-state index >= 15 is 0 Å². The summed E-state index contributed by atoms with van der Waals surface area (Å²) < 4.78 is 0. The van der Waals surface area contributed by atoms with E-state index < -0.39 is 0 Å². The van der Waals surface area contributed by atoms with Crippen molar-refractivity contribution in [2.45, 2.75) is 79.7 Å². The minimum Gasteiger partial charge on any atom is -0.314 e. The van der Waals surface area contributed by atoms with Gasteiger partial charge in [-0.1, -0.05) is 48.0 Å². The molecule has 20 heavy (non-hydrogen) atoms. The van der Waals surface area contributed by atoms with Gasteiger partial charge >= 0.3 is 0 Å². The van der Waals surface area contributed by atoms with E-state index in [1.54, 1.807) is 0 Å². The van der Waals surface area contributed by atoms with Crippen LogP contribution in [-0.4, -0.2) is 37.1 Å². The zero-order valence-electron chi connectivity index (χ0n) is 14.9. The highest BCUT2D eigenvalue weighted by atomic mass is 15.1. The second-order valence-corrected chi connectivity index (χ2v) is 8.39. The topological polar surface area (TPSA) is 15.3 Å². The third-order valence-electron chi connectivity index (χ3n) is 4.83. The molecule has 0 aromatic heterocycles. The summed E-state index contributed by atoms with van der Waals surface area (Å²) >= 11 is 0. The molecule has 1 aliphatic heterocycles. The Morgan fingerprint density at radius 1 is 1.20 bits per heavy atom. The quantitative estimate of drug-likeness (QED) is 0.749. The van der Waals surface area contributed by atoms with Gasteiger partial charge < -0.3 is 10.2 Å². The summed E-state index contributed by atoms with van der Waals surface area (Å²) in [6.45, 7) is 19.2. The average molecular weight is 283 g/mol. The minimum absolute atomic E-state index is 0.424. The fourth-order valence-corrected chi connectivity index (χ4v) is 3.45. The third-order valence-corrected chi connectivity index (χ3v) is 4.83. The molecule has 0 aliphatic carbocycles. The maximum absolute atomic E-state index is 3.67. The largest absolute Gasteiger partial charge is 0.314 e. The van der Waals surface area contributed by atoms with Crippen molar-refractivity contribution in [2.24, 2.45) is 10.8 Å². The van der Waals surface area contributed by atoms with E-state index in [-0.39, 0.29) is 0 Å². The number of hydrogen-bond acceptors (Lipinski definition) is 2. The fourth-order valence-electron chi connectivity index (χ4n) is 3.45. The first kappa shape index (κ1) is 18.0. The first-order valence-electron chi connectivity index (χ1n) is 8.72. The summed E-state index contributed by atoms with van der Waals surface area (Å²) in [4.78, 5) is 2.73. The molecule has 1 heterocycles. The Balaban J connectivity index is 2.55. The van der Waals surface area contributed by atoms with Crippen LogP contribution in [0.3, 0.4) is 0 Å². The molecule has 1 fully saturated rings. The number of nitrogens with one attached hydrogen (secondary N) is 1. The first-order chi connectivity index (χ1) is 9.26. The zero-order chi connectivity index (χ0) is 15.2. The molecular formula is C18H38N2. The summed E-state index contributed by atoms with van der Waals surface area (Å²) in [5.74, 6) is 0. The van der Waals surface area contributed by atoms with Gasteiger partial charge in [0, 0.05) is 19.1 Å². The third kappa shape index (κ3) is 6.58. The summed E-state index contributed by atoms with van der Waals surface area (Å²) in [6.07, 6.45) is 6.72. The molecular weight excluding hydrogens is 244 g/mol. The van der Waals surface area contributed by atoms with Crippen LogP contribution in [-0.2, 0) is 0 Å². The Morgan fingerprint density at radius 2 is 1.90 bits per heavy atom. The number of hydrogen-bond donors (Lipinski definition) is 1. The molecule has 0 aromatic rings. The van der Waals surface area contributed by atoms with Crippen molar-refractivity contribution in [2.75, 3.05) is 26.2 Å². The van der Waals surface area contributed by atoms with Gasteiger partial charge in [-0.2, -0.15) is 0 Å². The van der Waals surface area contributed by atoms with Crippen molar-refractivity contribution < 1.29 is 0 Å². The van der Waals surface area contributed by atoms with Gasteiger partial charge in [-0.05, 0) is 49.6 Å². The maximum atomic E-state index is 3.67. The summed E-state index contributed by atoms with van der Waals surface area (Å²) in [6, 6.07) is 0.592. The second kappa shape index (κ2) is 7.79. The fraction of sp³-hybridized carbons (Fsp3) is 1.00. The molecule has 120 valence electrons. The lowest BCUT2D eigenvalue weighted by atomic mass is 9.84. The Labute approximate surface area is 127 Å². The SMILES string of the molecule is CCCC(C)(CNC(C)C)CN1CCCC(C)(C)CC1. The zero-order valence-corrected chi connectivity index (χ0v) is 14.9. The number of likely N-dealkylation sites (tertiary alicyclic amines) is 1. The van der Waals surface area contributed by atoms with E-state index in [0.29, 0.717) is 16.9 Å². The predicted octanol–water partition coefficient (Wildman–Crippen LogP) is 4.30. The van der Waals surface area contributed by atoms with Gasteiger partial charge in [0.1, 0.15) is 0 Å². The molecule has 0 amide bonds. The molecule has 1 saturated heterocycles. The first-order valence-corrected chi connectivity index (χ1v) is 8.72. The lowest BCUT2D eigenvalue weighted by Crippen LogP contribution is -2.44. The van der Waals surface area contributed by atoms with Crippen LogP contribution in [0.25, 0.3) is 0 Å². The van der Waals surface area contributed by atoms with Crippen LogP contribution < -0.4 is 5.32 Å². The molecule has 0 spiro atoms. The smallest absolute Gasteiger partial charge is 0.00475 e. The van der Waals surface area contributed by atoms with Gasteiger partial charge in [-0.3, -0.25) is 0 Å². The minimum atomic E-state index is 0.424. The van der Waals surface area contributed by atoms with E-state index in [1.807, 2.05) is 0 Å². The molecule has 1 N–H and O–H groups in total.